The molecule has 4 heteroatoms. The van der Waals surface area contributed by atoms with E-state index >= 15 is 0 Å². The Bertz CT molecular complexity index is 441. The van der Waals surface area contributed by atoms with Gasteiger partial charge in [0.1, 0.15) is 0 Å². The highest BCUT2D eigenvalue weighted by molar-refractivity contribution is 7.99. The maximum atomic E-state index is 4.65. The molecule has 0 aromatic heterocycles. The SMILES string of the molecule is CCNC(=NCc1cccc(C)c1)NCC(C)(C)SC. The molecule has 0 atom stereocenters. The largest absolute Gasteiger partial charge is 0.357 e. The van der Waals surface area contributed by atoms with Gasteiger partial charge in [-0.2, -0.15) is 11.8 Å². The molecule has 20 heavy (non-hydrogen) atoms. The first-order valence-electron chi connectivity index (χ1n) is 7.09. The lowest BCUT2D eigenvalue weighted by atomic mass is 10.1. The first-order valence-corrected chi connectivity index (χ1v) is 8.32. The lowest BCUT2D eigenvalue weighted by molar-refractivity contribution is 0.665. The molecule has 0 aliphatic heterocycles. The molecule has 0 fully saturated rings. The van der Waals surface area contributed by atoms with E-state index in [4.69, 9.17) is 0 Å². The van der Waals surface area contributed by atoms with E-state index in [0.717, 1.165) is 19.0 Å². The Morgan fingerprint density at radius 2 is 2.05 bits per heavy atom. The van der Waals surface area contributed by atoms with Gasteiger partial charge in [0.2, 0.25) is 0 Å². The summed E-state index contributed by atoms with van der Waals surface area (Å²) in [6.07, 6.45) is 2.14. The van der Waals surface area contributed by atoms with Crippen LogP contribution in [0.25, 0.3) is 0 Å². The van der Waals surface area contributed by atoms with E-state index in [0.29, 0.717) is 6.54 Å². The van der Waals surface area contributed by atoms with Gasteiger partial charge >= 0.3 is 0 Å². The van der Waals surface area contributed by atoms with Crippen molar-refractivity contribution in [2.75, 3.05) is 19.3 Å². The highest BCUT2D eigenvalue weighted by atomic mass is 32.2. The molecule has 0 spiro atoms. The molecular formula is C16H27N3S. The second-order valence-electron chi connectivity index (χ2n) is 5.50. The maximum Gasteiger partial charge on any atom is 0.191 e. The van der Waals surface area contributed by atoms with Crippen LogP contribution in [0.5, 0.6) is 0 Å². The number of guanidine groups is 1. The van der Waals surface area contributed by atoms with Crippen molar-refractivity contribution < 1.29 is 0 Å². The fourth-order valence-electron chi connectivity index (χ4n) is 1.69. The quantitative estimate of drug-likeness (QED) is 0.625. The van der Waals surface area contributed by atoms with Crippen LogP contribution >= 0.6 is 11.8 Å². The Hall–Kier alpha value is -1.16. The van der Waals surface area contributed by atoms with E-state index < -0.39 is 0 Å². The molecule has 2 N–H and O–H groups in total. The van der Waals surface area contributed by atoms with Gasteiger partial charge in [-0.25, -0.2) is 4.99 Å². The number of hydrogen-bond donors (Lipinski definition) is 2. The van der Waals surface area contributed by atoms with Crippen molar-refractivity contribution in [3.8, 4) is 0 Å². The molecule has 0 aliphatic carbocycles. The van der Waals surface area contributed by atoms with Crippen LogP contribution in [-0.2, 0) is 6.54 Å². The highest BCUT2D eigenvalue weighted by Crippen LogP contribution is 2.19. The highest BCUT2D eigenvalue weighted by Gasteiger charge is 2.15. The summed E-state index contributed by atoms with van der Waals surface area (Å²) < 4.78 is 0.208. The van der Waals surface area contributed by atoms with Crippen LogP contribution in [0.15, 0.2) is 29.3 Å². The molecular weight excluding hydrogens is 266 g/mol. The average molecular weight is 293 g/mol. The molecule has 3 nitrogen and oxygen atoms in total. The second-order valence-corrected chi connectivity index (χ2v) is 7.02. The first-order chi connectivity index (χ1) is 9.46. The third-order valence-corrected chi connectivity index (χ3v) is 4.33. The number of benzene rings is 1. The summed E-state index contributed by atoms with van der Waals surface area (Å²) in [6, 6.07) is 8.49. The number of nitrogens with one attached hydrogen (secondary N) is 2. The number of aryl methyl sites for hydroxylation is 1. The van der Waals surface area contributed by atoms with Gasteiger partial charge in [-0.15, -0.1) is 0 Å². The van der Waals surface area contributed by atoms with Gasteiger partial charge in [0.15, 0.2) is 5.96 Å². The van der Waals surface area contributed by atoms with Gasteiger partial charge < -0.3 is 10.6 Å². The predicted molar refractivity (Wildman–Crippen MR) is 91.6 cm³/mol. The smallest absolute Gasteiger partial charge is 0.191 e. The van der Waals surface area contributed by atoms with Crippen molar-refractivity contribution >= 4 is 17.7 Å². The zero-order valence-electron chi connectivity index (χ0n) is 13.3. The summed E-state index contributed by atoms with van der Waals surface area (Å²) in [6.45, 7) is 11.1. The van der Waals surface area contributed by atoms with Crippen molar-refractivity contribution in [2.45, 2.75) is 39.0 Å². The van der Waals surface area contributed by atoms with Crippen LogP contribution < -0.4 is 10.6 Å². The Morgan fingerprint density at radius 3 is 2.65 bits per heavy atom. The summed E-state index contributed by atoms with van der Waals surface area (Å²) in [7, 11) is 0. The molecule has 112 valence electrons. The maximum absolute atomic E-state index is 4.65. The van der Waals surface area contributed by atoms with Crippen LogP contribution in [0.1, 0.15) is 31.9 Å². The molecule has 0 unspecified atom stereocenters. The summed E-state index contributed by atoms with van der Waals surface area (Å²) in [5.41, 5.74) is 2.52. The normalized spacial score (nSPS) is 12.3. The topological polar surface area (TPSA) is 36.4 Å². The van der Waals surface area contributed by atoms with Crippen molar-refractivity contribution in [2.24, 2.45) is 4.99 Å². The molecule has 0 bridgehead atoms. The number of rotatable bonds is 6. The predicted octanol–water partition coefficient (Wildman–Crippen LogP) is 3.19. The van der Waals surface area contributed by atoms with E-state index in [1.54, 1.807) is 0 Å². The molecule has 0 amide bonds. The van der Waals surface area contributed by atoms with Crippen LogP contribution in [0.2, 0.25) is 0 Å². The number of hydrogen-bond acceptors (Lipinski definition) is 2. The van der Waals surface area contributed by atoms with Gasteiger partial charge in [-0.05, 0) is 39.5 Å². The van der Waals surface area contributed by atoms with Gasteiger partial charge in [0.25, 0.3) is 0 Å². The average Bonchev–Trinajstić information content (AvgIpc) is 2.42. The first kappa shape index (κ1) is 16.9. The number of nitrogens with zero attached hydrogens (tertiary/aromatic N) is 1. The Morgan fingerprint density at radius 1 is 1.30 bits per heavy atom. The van der Waals surface area contributed by atoms with Gasteiger partial charge in [0.05, 0.1) is 6.54 Å². The Balaban J connectivity index is 2.63. The Kier molecular flexibility index (Phi) is 6.93. The molecule has 0 heterocycles. The van der Waals surface area contributed by atoms with Gasteiger partial charge in [-0.1, -0.05) is 29.8 Å². The minimum absolute atomic E-state index is 0.208. The lowest BCUT2D eigenvalue weighted by Crippen LogP contribution is -2.43. The summed E-state index contributed by atoms with van der Waals surface area (Å²) in [4.78, 5) is 4.65. The summed E-state index contributed by atoms with van der Waals surface area (Å²) in [5, 5.41) is 6.71. The van der Waals surface area contributed by atoms with E-state index in [2.05, 4.69) is 73.8 Å². The monoisotopic (exact) mass is 293 g/mol. The van der Waals surface area contributed by atoms with Gasteiger partial charge in [-0.3, -0.25) is 0 Å². The van der Waals surface area contributed by atoms with Crippen molar-refractivity contribution in [3.05, 3.63) is 35.4 Å². The molecule has 1 aromatic rings. The standard InChI is InChI=1S/C16H27N3S/c1-6-17-15(19-12-16(3,4)20-5)18-11-14-9-7-8-13(2)10-14/h7-10H,6,11-12H2,1-5H3,(H2,17,18,19). The van der Waals surface area contributed by atoms with E-state index in [-0.39, 0.29) is 4.75 Å². The van der Waals surface area contributed by atoms with E-state index in [9.17, 15) is 0 Å². The second kappa shape index (κ2) is 8.20. The Labute approximate surface area is 127 Å². The molecule has 0 saturated carbocycles. The van der Waals surface area contributed by atoms with Crippen LogP contribution in [0.4, 0.5) is 0 Å². The minimum Gasteiger partial charge on any atom is -0.357 e. The zero-order valence-corrected chi connectivity index (χ0v) is 14.1. The molecule has 0 radical (unpaired) electrons. The third-order valence-electron chi connectivity index (χ3n) is 3.08. The number of thioether (sulfide) groups is 1. The van der Waals surface area contributed by atoms with Crippen molar-refractivity contribution in [3.63, 3.8) is 0 Å². The molecule has 1 aromatic carbocycles. The van der Waals surface area contributed by atoms with Crippen molar-refractivity contribution in [1.82, 2.24) is 10.6 Å². The van der Waals surface area contributed by atoms with Crippen molar-refractivity contribution in [1.29, 1.82) is 0 Å². The van der Waals surface area contributed by atoms with Crippen LogP contribution in [0, 0.1) is 6.92 Å². The molecule has 1 rings (SSSR count). The third kappa shape index (κ3) is 6.33. The van der Waals surface area contributed by atoms with E-state index in [1.165, 1.54) is 11.1 Å². The lowest BCUT2D eigenvalue weighted by Gasteiger charge is -2.23. The fourth-order valence-corrected chi connectivity index (χ4v) is 1.91. The molecule has 0 saturated heterocycles. The zero-order chi connectivity index (χ0) is 15.0. The fraction of sp³-hybridized carbons (Fsp3) is 0.562. The molecule has 0 aliphatic rings. The van der Waals surface area contributed by atoms with E-state index in [1.807, 2.05) is 11.8 Å². The summed E-state index contributed by atoms with van der Waals surface area (Å²) >= 11 is 1.86. The van der Waals surface area contributed by atoms with Crippen LogP contribution in [-0.4, -0.2) is 30.1 Å². The minimum atomic E-state index is 0.208. The van der Waals surface area contributed by atoms with Gasteiger partial charge in [0, 0.05) is 17.8 Å². The summed E-state index contributed by atoms with van der Waals surface area (Å²) in [5.74, 6) is 0.885. The number of aliphatic imine (C=N–C) groups is 1. The van der Waals surface area contributed by atoms with Crippen LogP contribution in [0.3, 0.4) is 0 Å².